The van der Waals surface area contributed by atoms with Gasteiger partial charge in [0.2, 0.25) is 5.91 Å². The maximum Gasteiger partial charge on any atom is 0.335 e. The fraction of sp³-hybridized carbons (Fsp3) is 0.300. The number of likely N-dealkylation sites (N-methyl/N-ethyl adjacent to an activating group) is 1. The number of benzene rings is 2. The van der Waals surface area contributed by atoms with E-state index < -0.39 is 5.97 Å². The molecule has 0 heterocycles. The maximum atomic E-state index is 12.5. The van der Waals surface area contributed by atoms with Crippen LogP contribution in [0.2, 0.25) is 0 Å². The molecule has 3 rings (SSSR count). The molecule has 4 nitrogen and oxygen atoms in total. The Balaban J connectivity index is 1.54. The third kappa shape index (κ3) is 3.48. The summed E-state index contributed by atoms with van der Waals surface area (Å²) in [6, 6.07) is 15.3. The third-order valence-corrected chi connectivity index (χ3v) is 4.80. The third-order valence-electron chi connectivity index (χ3n) is 4.80. The second-order valence-electron chi connectivity index (χ2n) is 6.34. The van der Waals surface area contributed by atoms with Gasteiger partial charge < -0.3 is 10.0 Å². The summed E-state index contributed by atoms with van der Waals surface area (Å²) in [5, 5.41) is 8.90. The molecule has 0 saturated heterocycles. The van der Waals surface area contributed by atoms with Crippen LogP contribution in [0.25, 0.3) is 0 Å². The molecule has 0 aromatic heterocycles. The molecule has 0 fully saturated rings. The van der Waals surface area contributed by atoms with Gasteiger partial charge in [0, 0.05) is 19.5 Å². The van der Waals surface area contributed by atoms with Crippen molar-refractivity contribution in [1.82, 2.24) is 4.90 Å². The number of carboxylic acids is 1. The standard InChI is InChI=1S/C20H21NO3/c1-21(18-12-16-4-2-3-5-17(16)13-18)19(22)11-8-14-6-9-15(10-7-14)20(23)24/h2-7,9-10,18H,8,11-13H2,1H3,(H,23,24). The average molecular weight is 323 g/mol. The normalized spacial score (nSPS) is 13.5. The molecule has 0 atom stereocenters. The van der Waals surface area contributed by atoms with Gasteiger partial charge in [0.1, 0.15) is 0 Å². The van der Waals surface area contributed by atoms with Crippen LogP contribution in [-0.2, 0) is 24.1 Å². The number of carboxylic acid groups (broad SMARTS) is 1. The van der Waals surface area contributed by atoms with Crippen molar-refractivity contribution in [2.45, 2.75) is 31.7 Å². The van der Waals surface area contributed by atoms with Crippen LogP contribution in [0.1, 0.15) is 33.5 Å². The zero-order valence-corrected chi connectivity index (χ0v) is 13.7. The minimum absolute atomic E-state index is 0.134. The number of aryl methyl sites for hydroxylation is 1. The first-order chi connectivity index (χ1) is 11.5. The molecule has 1 amide bonds. The molecule has 124 valence electrons. The SMILES string of the molecule is CN(C(=O)CCc1ccc(C(=O)O)cc1)C1Cc2ccccc2C1. The summed E-state index contributed by atoms with van der Waals surface area (Å²) in [7, 11) is 1.88. The molecule has 0 spiro atoms. The molecule has 0 unspecified atom stereocenters. The lowest BCUT2D eigenvalue weighted by molar-refractivity contribution is -0.131. The van der Waals surface area contributed by atoms with Crippen molar-refractivity contribution >= 4 is 11.9 Å². The Morgan fingerprint density at radius 3 is 2.17 bits per heavy atom. The van der Waals surface area contributed by atoms with Gasteiger partial charge in [-0.3, -0.25) is 4.79 Å². The van der Waals surface area contributed by atoms with E-state index in [0.29, 0.717) is 12.8 Å². The fourth-order valence-electron chi connectivity index (χ4n) is 3.25. The van der Waals surface area contributed by atoms with Crippen LogP contribution in [0, 0.1) is 0 Å². The molecule has 0 bridgehead atoms. The van der Waals surface area contributed by atoms with Crippen molar-refractivity contribution in [2.75, 3.05) is 7.05 Å². The number of hydrogen-bond donors (Lipinski definition) is 1. The summed E-state index contributed by atoms with van der Waals surface area (Å²) in [6.45, 7) is 0. The molecule has 0 saturated carbocycles. The van der Waals surface area contributed by atoms with Crippen LogP contribution < -0.4 is 0 Å². The van der Waals surface area contributed by atoms with Crippen molar-refractivity contribution in [3.05, 3.63) is 70.8 Å². The molecule has 0 aliphatic heterocycles. The van der Waals surface area contributed by atoms with Crippen molar-refractivity contribution in [3.8, 4) is 0 Å². The predicted molar refractivity (Wildman–Crippen MR) is 92.1 cm³/mol. The lowest BCUT2D eigenvalue weighted by Gasteiger charge is -2.24. The van der Waals surface area contributed by atoms with E-state index in [-0.39, 0.29) is 17.5 Å². The van der Waals surface area contributed by atoms with Crippen LogP contribution in [0.3, 0.4) is 0 Å². The molecule has 1 aliphatic carbocycles. The van der Waals surface area contributed by atoms with Crippen LogP contribution >= 0.6 is 0 Å². The Labute approximate surface area is 141 Å². The maximum absolute atomic E-state index is 12.5. The molecule has 2 aromatic carbocycles. The second-order valence-corrected chi connectivity index (χ2v) is 6.34. The zero-order valence-electron chi connectivity index (χ0n) is 13.7. The molecule has 24 heavy (non-hydrogen) atoms. The summed E-state index contributed by atoms with van der Waals surface area (Å²) in [4.78, 5) is 25.2. The van der Waals surface area contributed by atoms with Crippen molar-refractivity contribution < 1.29 is 14.7 Å². The van der Waals surface area contributed by atoms with E-state index >= 15 is 0 Å². The van der Waals surface area contributed by atoms with Crippen molar-refractivity contribution in [2.24, 2.45) is 0 Å². The minimum Gasteiger partial charge on any atom is -0.478 e. The van der Waals surface area contributed by atoms with Crippen molar-refractivity contribution in [3.63, 3.8) is 0 Å². The van der Waals surface area contributed by atoms with Gasteiger partial charge in [0.05, 0.1) is 5.56 Å². The Morgan fingerprint density at radius 2 is 1.62 bits per heavy atom. The number of amides is 1. The average Bonchev–Trinajstić information content (AvgIpc) is 3.03. The van der Waals surface area contributed by atoms with Crippen molar-refractivity contribution in [1.29, 1.82) is 0 Å². The van der Waals surface area contributed by atoms with Gasteiger partial charge in [-0.15, -0.1) is 0 Å². The van der Waals surface area contributed by atoms with E-state index in [1.165, 1.54) is 11.1 Å². The highest BCUT2D eigenvalue weighted by Crippen LogP contribution is 2.25. The summed E-state index contributed by atoms with van der Waals surface area (Å²) in [5.74, 6) is -0.798. The first-order valence-electron chi connectivity index (χ1n) is 8.19. The Hall–Kier alpha value is -2.62. The second kappa shape index (κ2) is 6.87. The first-order valence-corrected chi connectivity index (χ1v) is 8.19. The van der Waals surface area contributed by atoms with E-state index in [2.05, 4.69) is 12.1 Å². The van der Waals surface area contributed by atoms with Gasteiger partial charge in [0.15, 0.2) is 0 Å². The largest absolute Gasteiger partial charge is 0.478 e. The predicted octanol–water partition coefficient (Wildman–Crippen LogP) is 2.94. The van der Waals surface area contributed by atoms with Crippen LogP contribution in [0.4, 0.5) is 0 Å². The molecule has 1 aliphatic rings. The molecule has 4 heteroatoms. The summed E-state index contributed by atoms with van der Waals surface area (Å²) < 4.78 is 0. The Bertz CT molecular complexity index is 727. The molecule has 2 aromatic rings. The number of rotatable bonds is 5. The minimum atomic E-state index is -0.932. The van der Waals surface area contributed by atoms with Crippen LogP contribution in [0.15, 0.2) is 48.5 Å². The number of aromatic carboxylic acids is 1. The van der Waals surface area contributed by atoms with Crippen LogP contribution in [0.5, 0.6) is 0 Å². The fourth-order valence-corrected chi connectivity index (χ4v) is 3.25. The molecular formula is C20H21NO3. The van der Waals surface area contributed by atoms with Gasteiger partial charge in [0.25, 0.3) is 0 Å². The van der Waals surface area contributed by atoms with E-state index in [9.17, 15) is 9.59 Å². The highest BCUT2D eigenvalue weighted by atomic mass is 16.4. The highest BCUT2D eigenvalue weighted by Gasteiger charge is 2.26. The Kier molecular flexibility index (Phi) is 4.65. The van der Waals surface area contributed by atoms with Gasteiger partial charge in [-0.25, -0.2) is 4.79 Å². The number of hydrogen-bond acceptors (Lipinski definition) is 2. The quantitative estimate of drug-likeness (QED) is 0.920. The Morgan fingerprint density at radius 1 is 1.04 bits per heavy atom. The molecule has 1 N–H and O–H groups in total. The highest BCUT2D eigenvalue weighted by molar-refractivity contribution is 5.87. The summed E-state index contributed by atoms with van der Waals surface area (Å²) in [5.41, 5.74) is 3.93. The number of nitrogens with zero attached hydrogens (tertiary/aromatic N) is 1. The topological polar surface area (TPSA) is 57.6 Å². The summed E-state index contributed by atoms with van der Waals surface area (Å²) >= 11 is 0. The van der Waals surface area contributed by atoms with E-state index in [4.69, 9.17) is 5.11 Å². The number of fused-ring (bicyclic) bond motifs is 1. The first kappa shape index (κ1) is 16.2. The monoisotopic (exact) mass is 323 g/mol. The number of carbonyl (C=O) groups is 2. The smallest absolute Gasteiger partial charge is 0.335 e. The lowest BCUT2D eigenvalue weighted by Crippen LogP contribution is -2.37. The van der Waals surface area contributed by atoms with Gasteiger partial charge in [-0.05, 0) is 48.1 Å². The summed E-state index contributed by atoms with van der Waals surface area (Å²) in [6.07, 6.45) is 2.91. The van der Waals surface area contributed by atoms with E-state index in [1.54, 1.807) is 24.3 Å². The van der Waals surface area contributed by atoms with Gasteiger partial charge in [-0.1, -0.05) is 36.4 Å². The lowest BCUT2D eigenvalue weighted by atomic mass is 10.1. The van der Waals surface area contributed by atoms with Gasteiger partial charge in [-0.2, -0.15) is 0 Å². The molecule has 0 radical (unpaired) electrons. The van der Waals surface area contributed by atoms with E-state index in [0.717, 1.165) is 18.4 Å². The zero-order chi connectivity index (χ0) is 17.1. The molecular weight excluding hydrogens is 302 g/mol. The van der Waals surface area contributed by atoms with Crippen LogP contribution in [-0.4, -0.2) is 35.0 Å². The number of carbonyl (C=O) groups excluding carboxylic acids is 1. The van der Waals surface area contributed by atoms with E-state index in [1.807, 2.05) is 24.1 Å². The van der Waals surface area contributed by atoms with Gasteiger partial charge >= 0.3 is 5.97 Å².